The lowest BCUT2D eigenvalue weighted by Gasteiger charge is -2.12. The van der Waals surface area contributed by atoms with E-state index in [4.69, 9.17) is 11.6 Å². The predicted octanol–water partition coefficient (Wildman–Crippen LogP) is 3.84. The minimum absolute atomic E-state index is 0.207. The van der Waals surface area contributed by atoms with E-state index in [9.17, 15) is 4.79 Å². The van der Waals surface area contributed by atoms with Crippen LogP contribution in [0.15, 0.2) is 35.6 Å². The van der Waals surface area contributed by atoms with Crippen molar-refractivity contribution in [3.05, 3.63) is 41.0 Å². The third-order valence-electron chi connectivity index (χ3n) is 3.90. The highest BCUT2D eigenvalue weighted by Crippen LogP contribution is 2.24. The third-order valence-corrected chi connectivity index (χ3v) is 4.96. The lowest BCUT2D eigenvalue weighted by molar-refractivity contribution is 0.0952. The number of hydrogen-bond acceptors (Lipinski definition) is 6. The minimum atomic E-state index is -0.207. The smallest absolute Gasteiger partial charge is 0.252 e. The monoisotopic (exact) mass is 418 g/mol. The number of thioether (sulfide) groups is 1. The quantitative estimate of drug-likeness (QED) is 0.427. The number of nitrogens with zero attached hydrogens (tertiary/aromatic N) is 4. The van der Waals surface area contributed by atoms with Gasteiger partial charge >= 0.3 is 0 Å². The second-order valence-electron chi connectivity index (χ2n) is 6.43. The first-order valence-corrected chi connectivity index (χ1v) is 10.5. The first kappa shape index (κ1) is 20.4. The van der Waals surface area contributed by atoms with Gasteiger partial charge in [-0.15, -0.1) is 0 Å². The SMILES string of the molecule is CCSc1nc(NC(C)C)c2cnn(CCNC(=O)c3ccccc3Cl)c2n1. The van der Waals surface area contributed by atoms with Crippen molar-refractivity contribution in [2.45, 2.75) is 38.5 Å². The van der Waals surface area contributed by atoms with Crippen LogP contribution in [0.25, 0.3) is 11.0 Å². The number of fused-ring (bicyclic) bond motifs is 1. The molecule has 2 heterocycles. The molecule has 0 spiro atoms. The molecule has 7 nitrogen and oxygen atoms in total. The molecule has 9 heteroatoms. The molecule has 1 amide bonds. The number of hydrogen-bond donors (Lipinski definition) is 2. The van der Waals surface area contributed by atoms with Gasteiger partial charge in [0.2, 0.25) is 0 Å². The molecule has 0 aliphatic heterocycles. The van der Waals surface area contributed by atoms with Crippen LogP contribution in [-0.2, 0) is 6.54 Å². The number of carbonyl (C=O) groups excluding carboxylic acids is 1. The van der Waals surface area contributed by atoms with Crippen LogP contribution in [0.3, 0.4) is 0 Å². The Kier molecular flexibility index (Phi) is 6.74. The number of nitrogens with one attached hydrogen (secondary N) is 2. The molecule has 0 fully saturated rings. The van der Waals surface area contributed by atoms with Gasteiger partial charge < -0.3 is 10.6 Å². The van der Waals surface area contributed by atoms with Crippen molar-refractivity contribution in [1.82, 2.24) is 25.1 Å². The van der Waals surface area contributed by atoms with Crippen LogP contribution in [0.1, 0.15) is 31.1 Å². The Labute approximate surface area is 173 Å². The fourth-order valence-corrected chi connectivity index (χ4v) is 3.48. The normalized spacial score (nSPS) is 11.2. The van der Waals surface area contributed by atoms with Crippen LogP contribution in [0.5, 0.6) is 0 Å². The fraction of sp³-hybridized carbons (Fsp3) is 0.368. The van der Waals surface area contributed by atoms with Crippen LogP contribution in [0.2, 0.25) is 5.02 Å². The van der Waals surface area contributed by atoms with Gasteiger partial charge in [-0.05, 0) is 31.7 Å². The Morgan fingerprint density at radius 1 is 1.29 bits per heavy atom. The molecule has 0 aliphatic carbocycles. The Morgan fingerprint density at radius 3 is 2.79 bits per heavy atom. The van der Waals surface area contributed by atoms with Crippen LogP contribution >= 0.6 is 23.4 Å². The molecule has 0 saturated heterocycles. The van der Waals surface area contributed by atoms with E-state index >= 15 is 0 Å². The molecule has 0 unspecified atom stereocenters. The summed E-state index contributed by atoms with van der Waals surface area (Å²) in [5.74, 6) is 1.46. The highest BCUT2D eigenvalue weighted by molar-refractivity contribution is 7.99. The molecule has 28 heavy (non-hydrogen) atoms. The molecule has 0 atom stereocenters. The van der Waals surface area contributed by atoms with Crippen LogP contribution in [-0.4, -0.2) is 44.0 Å². The maximum atomic E-state index is 12.3. The van der Waals surface area contributed by atoms with Crippen LogP contribution in [0.4, 0.5) is 5.82 Å². The Morgan fingerprint density at radius 2 is 2.07 bits per heavy atom. The van der Waals surface area contributed by atoms with Crippen LogP contribution in [0, 0.1) is 0 Å². The second kappa shape index (κ2) is 9.25. The van der Waals surface area contributed by atoms with Gasteiger partial charge in [0.05, 0.1) is 28.7 Å². The first-order valence-electron chi connectivity index (χ1n) is 9.15. The molecule has 0 aliphatic rings. The van der Waals surface area contributed by atoms with Gasteiger partial charge in [-0.2, -0.15) is 5.10 Å². The van der Waals surface area contributed by atoms with Crippen molar-refractivity contribution < 1.29 is 4.79 Å². The average molecular weight is 419 g/mol. The lowest BCUT2D eigenvalue weighted by atomic mass is 10.2. The Bertz CT molecular complexity index is 974. The summed E-state index contributed by atoms with van der Waals surface area (Å²) < 4.78 is 1.79. The minimum Gasteiger partial charge on any atom is -0.367 e. The summed E-state index contributed by atoms with van der Waals surface area (Å²) in [4.78, 5) is 21.6. The summed E-state index contributed by atoms with van der Waals surface area (Å²) in [6.45, 7) is 7.10. The fourth-order valence-electron chi connectivity index (χ4n) is 2.69. The van der Waals surface area contributed by atoms with Gasteiger partial charge in [-0.3, -0.25) is 4.79 Å². The highest BCUT2D eigenvalue weighted by atomic mass is 35.5. The highest BCUT2D eigenvalue weighted by Gasteiger charge is 2.14. The molecule has 148 valence electrons. The summed E-state index contributed by atoms with van der Waals surface area (Å²) in [7, 11) is 0. The number of carbonyl (C=O) groups is 1. The van der Waals surface area contributed by atoms with Gasteiger partial charge in [0, 0.05) is 12.6 Å². The molecular formula is C19H23ClN6OS. The van der Waals surface area contributed by atoms with E-state index in [0.29, 0.717) is 28.8 Å². The van der Waals surface area contributed by atoms with E-state index in [1.165, 1.54) is 0 Å². The van der Waals surface area contributed by atoms with Crippen molar-refractivity contribution in [2.24, 2.45) is 0 Å². The summed E-state index contributed by atoms with van der Waals surface area (Å²) in [5, 5.41) is 12.7. The topological polar surface area (TPSA) is 84.7 Å². The zero-order valence-corrected chi connectivity index (χ0v) is 17.6. The Hall–Kier alpha value is -2.32. The summed E-state index contributed by atoms with van der Waals surface area (Å²) in [6, 6.07) is 7.23. The third kappa shape index (κ3) is 4.74. The van der Waals surface area contributed by atoms with Gasteiger partial charge in [-0.25, -0.2) is 14.6 Å². The molecule has 0 saturated carbocycles. The molecule has 1 aromatic carbocycles. The maximum Gasteiger partial charge on any atom is 0.252 e. The van der Waals surface area contributed by atoms with E-state index < -0.39 is 0 Å². The number of amides is 1. The van der Waals surface area contributed by atoms with Gasteiger partial charge in [-0.1, -0.05) is 42.4 Å². The van der Waals surface area contributed by atoms with Gasteiger partial charge in [0.25, 0.3) is 5.91 Å². The number of anilines is 1. The standard InChI is InChI=1S/C19H23ClN6OS/c1-4-28-19-24-16(23-12(2)3)14-11-22-26(17(14)25-19)10-9-21-18(27)13-7-5-6-8-15(13)20/h5-8,11-12H,4,9-10H2,1-3H3,(H,21,27)(H,23,24,25). The number of aromatic nitrogens is 4. The van der Waals surface area contributed by atoms with Crippen molar-refractivity contribution in [1.29, 1.82) is 0 Å². The van der Waals surface area contributed by atoms with E-state index in [-0.39, 0.29) is 11.9 Å². The predicted molar refractivity (Wildman–Crippen MR) is 114 cm³/mol. The van der Waals surface area contributed by atoms with Gasteiger partial charge in [0.15, 0.2) is 10.8 Å². The lowest BCUT2D eigenvalue weighted by Crippen LogP contribution is -2.27. The van der Waals surface area contributed by atoms with Crippen molar-refractivity contribution in [3.63, 3.8) is 0 Å². The van der Waals surface area contributed by atoms with E-state index in [1.54, 1.807) is 46.9 Å². The van der Waals surface area contributed by atoms with Gasteiger partial charge in [0.1, 0.15) is 5.82 Å². The zero-order chi connectivity index (χ0) is 20.1. The molecule has 2 aromatic heterocycles. The van der Waals surface area contributed by atoms with E-state index in [0.717, 1.165) is 22.6 Å². The maximum absolute atomic E-state index is 12.3. The van der Waals surface area contributed by atoms with Crippen molar-refractivity contribution in [2.75, 3.05) is 17.6 Å². The summed E-state index contributed by atoms with van der Waals surface area (Å²) >= 11 is 7.66. The number of halogens is 1. The zero-order valence-electron chi connectivity index (χ0n) is 16.1. The largest absolute Gasteiger partial charge is 0.367 e. The molecule has 3 aromatic rings. The summed E-state index contributed by atoms with van der Waals surface area (Å²) in [6.07, 6.45) is 1.76. The first-order chi connectivity index (χ1) is 13.5. The van der Waals surface area contributed by atoms with Crippen LogP contribution < -0.4 is 10.6 Å². The molecule has 2 N–H and O–H groups in total. The number of rotatable bonds is 8. The number of benzene rings is 1. The Balaban J connectivity index is 1.77. The van der Waals surface area contributed by atoms with E-state index in [1.807, 2.05) is 0 Å². The molecule has 3 rings (SSSR count). The van der Waals surface area contributed by atoms with Crippen molar-refractivity contribution in [3.8, 4) is 0 Å². The average Bonchev–Trinajstić information content (AvgIpc) is 3.05. The molecule has 0 radical (unpaired) electrons. The molecular weight excluding hydrogens is 396 g/mol. The molecule has 0 bridgehead atoms. The van der Waals surface area contributed by atoms with Crippen molar-refractivity contribution >= 4 is 46.1 Å². The second-order valence-corrected chi connectivity index (χ2v) is 8.07. The summed E-state index contributed by atoms with van der Waals surface area (Å²) in [5.41, 5.74) is 1.21. The van der Waals surface area contributed by atoms with E-state index in [2.05, 4.69) is 46.5 Å².